The number of hydrogen-bond acceptors (Lipinski definition) is 3. The Kier molecular flexibility index (Phi) is 3.73. The minimum absolute atomic E-state index is 0.0391. The summed E-state index contributed by atoms with van der Waals surface area (Å²) in [6.45, 7) is 1.93. The summed E-state index contributed by atoms with van der Waals surface area (Å²) in [7, 11) is 1.74. The van der Waals surface area contributed by atoms with Crippen LogP contribution >= 0.6 is 27.3 Å². The van der Waals surface area contributed by atoms with Crippen molar-refractivity contribution in [2.75, 3.05) is 17.7 Å². The zero-order valence-corrected chi connectivity index (χ0v) is 12.5. The van der Waals surface area contributed by atoms with E-state index in [0.29, 0.717) is 11.4 Å². The number of nitrogens with two attached hydrogens (primary N) is 1. The van der Waals surface area contributed by atoms with Crippen molar-refractivity contribution in [1.29, 1.82) is 0 Å². The quantitative estimate of drug-likeness (QED) is 0.856. The number of aryl methyl sites for hydroxylation is 1. The maximum absolute atomic E-state index is 12.3. The highest BCUT2D eigenvalue weighted by molar-refractivity contribution is 9.10. The van der Waals surface area contributed by atoms with Crippen LogP contribution in [0.5, 0.6) is 0 Å². The van der Waals surface area contributed by atoms with E-state index in [4.69, 9.17) is 5.73 Å². The lowest BCUT2D eigenvalue weighted by molar-refractivity contribution is 0.0993. The van der Waals surface area contributed by atoms with E-state index in [9.17, 15) is 4.79 Å². The number of anilines is 2. The Labute approximate surface area is 118 Å². The monoisotopic (exact) mass is 324 g/mol. The number of halogens is 1. The third-order valence-corrected chi connectivity index (χ3v) is 4.10. The van der Waals surface area contributed by atoms with Crippen LogP contribution in [0.15, 0.2) is 33.4 Å². The molecule has 18 heavy (non-hydrogen) atoms. The average Bonchev–Trinajstić information content (AvgIpc) is 2.74. The van der Waals surface area contributed by atoms with Crippen molar-refractivity contribution in [3.8, 4) is 0 Å². The summed E-state index contributed by atoms with van der Waals surface area (Å²) in [5, 5.41) is 3.83. The van der Waals surface area contributed by atoms with Gasteiger partial charge in [0.1, 0.15) is 0 Å². The van der Waals surface area contributed by atoms with Gasteiger partial charge >= 0.3 is 0 Å². The first-order valence-electron chi connectivity index (χ1n) is 5.36. The van der Waals surface area contributed by atoms with Gasteiger partial charge in [0, 0.05) is 16.9 Å². The normalized spacial score (nSPS) is 10.4. The largest absolute Gasteiger partial charge is 0.397 e. The molecule has 0 spiro atoms. The van der Waals surface area contributed by atoms with Crippen LogP contribution in [0.1, 0.15) is 15.9 Å². The van der Waals surface area contributed by atoms with Gasteiger partial charge in [-0.25, -0.2) is 0 Å². The van der Waals surface area contributed by atoms with Gasteiger partial charge in [0.2, 0.25) is 0 Å². The summed E-state index contributed by atoms with van der Waals surface area (Å²) >= 11 is 4.88. The molecule has 1 amide bonds. The fraction of sp³-hybridized carbons (Fsp3) is 0.154. The van der Waals surface area contributed by atoms with E-state index in [-0.39, 0.29) is 5.91 Å². The highest BCUT2D eigenvalue weighted by Gasteiger charge is 2.17. The molecule has 0 saturated carbocycles. The molecule has 0 unspecified atom stereocenters. The number of carbonyl (C=O) groups is 1. The van der Waals surface area contributed by atoms with Gasteiger partial charge in [0.15, 0.2) is 0 Å². The second kappa shape index (κ2) is 5.12. The van der Waals surface area contributed by atoms with Crippen LogP contribution in [-0.2, 0) is 0 Å². The Bertz CT molecular complexity index is 594. The number of carbonyl (C=O) groups excluding carboxylic acids is 1. The molecular weight excluding hydrogens is 312 g/mol. The molecule has 1 aromatic heterocycles. The highest BCUT2D eigenvalue weighted by atomic mass is 79.9. The van der Waals surface area contributed by atoms with E-state index in [0.717, 1.165) is 15.6 Å². The van der Waals surface area contributed by atoms with Gasteiger partial charge in [-0.3, -0.25) is 4.79 Å². The highest BCUT2D eigenvalue weighted by Crippen LogP contribution is 2.27. The first kappa shape index (κ1) is 13.1. The predicted octanol–water partition coefficient (Wildman–Crippen LogP) is 3.68. The maximum Gasteiger partial charge on any atom is 0.259 e. The molecular formula is C13H13BrN2OS. The maximum atomic E-state index is 12.3. The minimum atomic E-state index is -0.0391. The van der Waals surface area contributed by atoms with Gasteiger partial charge in [-0.15, -0.1) is 0 Å². The molecule has 1 heterocycles. The topological polar surface area (TPSA) is 46.3 Å². The van der Waals surface area contributed by atoms with Crippen LogP contribution in [-0.4, -0.2) is 13.0 Å². The number of benzene rings is 1. The molecule has 0 bridgehead atoms. The van der Waals surface area contributed by atoms with Gasteiger partial charge in [-0.1, -0.05) is 15.9 Å². The van der Waals surface area contributed by atoms with Crippen LogP contribution in [0.3, 0.4) is 0 Å². The molecule has 0 aliphatic carbocycles. The summed E-state index contributed by atoms with van der Waals surface area (Å²) in [6.07, 6.45) is 0. The second-order valence-corrected chi connectivity index (χ2v) is 5.70. The summed E-state index contributed by atoms with van der Waals surface area (Å²) in [6, 6.07) is 5.49. The van der Waals surface area contributed by atoms with Crippen molar-refractivity contribution in [2.24, 2.45) is 0 Å². The number of nitrogens with zero attached hydrogens (tertiary/aromatic N) is 1. The van der Waals surface area contributed by atoms with Crippen molar-refractivity contribution in [3.63, 3.8) is 0 Å². The Morgan fingerprint density at radius 1 is 1.39 bits per heavy atom. The Balaban J connectivity index is 2.34. The number of nitrogen functional groups attached to an aromatic ring is 1. The zero-order chi connectivity index (χ0) is 13.3. The van der Waals surface area contributed by atoms with Crippen molar-refractivity contribution < 1.29 is 4.79 Å². The fourth-order valence-electron chi connectivity index (χ4n) is 1.70. The van der Waals surface area contributed by atoms with E-state index < -0.39 is 0 Å². The predicted molar refractivity (Wildman–Crippen MR) is 80.3 cm³/mol. The standard InChI is InChI=1S/C13H13BrN2OS/c1-8-6-18-7-10(8)13(17)16(2)12-4-3-9(14)5-11(12)15/h3-7H,15H2,1-2H3. The number of thiophene rings is 1. The van der Waals surface area contributed by atoms with E-state index in [2.05, 4.69) is 15.9 Å². The number of rotatable bonds is 2. The first-order chi connectivity index (χ1) is 8.50. The molecule has 5 heteroatoms. The van der Waals surface area contributed by atoms with Gasteiger partial charge in [-0.2, -0.15) is 11.3 Å². The van der Waals surface area contributed by atoms with Crippen molar-refractivity contribution in [1.82, 2.24) is 0 Å². The molecule has 2 rings (SSSR count). The van der Waals surface area contributed by atoms with Crippen LogP contribution in [0.2, 0.25) is 0 Å². The summed E-state index contributed by atoms with van der Waals surface area (Å²) in [5.74, 6) is -0.0391. The Morgan fingerprint density at radius 2 is 2.11 bits per heavy atom. The van der Waals surface area contributed by atoms with Crippen LogP contribution in [0.4, 0.5) is 11.4 Å². The fourth-order valence-corrected chi connectivity index (χ4v) is 2.90. The molecule has 0 radical (unpaired) electrons. The number of hydrogen-bond donors (Lipinski definition) is 1. The first-order valence-corrected chi connectivity index (χ1v) is 7.10. The second-order valence-electron chi connectivity index (χ2n) is 4.04. The lowest BCUT2D eigenvalue weighted by Gasteiger charge is -2.19. The molecule has 94 valence electrons. The SMILES string of the molecule is Cc1cscc1C(=O)N(C)c1ccc(Br)cc1N. The Hall–Kier alpha value is -1.33. The van der Waals surface area contributed by atoms with E-state index in [1.54, 1.807) is 18.0 Å². The number of amides is 1. The average molecular weight is 325 g/mol. The molecule has 0 fully saturated rings. The van der Waals surface area contributed by atoms with Gasteiger partial charge < -0.3 is 10.6 Å². The molecule has 2 N–H and O–H groups in total. The smallest absolute Gasteiger partial charge is 0.259 e. The lowest BCUT2D eigenvalue weighted by Crippen LogP contribution is -2.27. The third kappa shape index (κ3) is 2.42. The van der Waals surface area contributed by atoms with Crippen LogP contribution < -0.4 is 10.6 Å². The molecule has 0 aliphatic heterocycles. The lowest BCUT2D eigenvalue weighted by atomic mass is 10.2. The van der Waals surface area contributed by atoms with Gasteiger partial charge in [-0.05, 0) is 36.1 Å². The summed E-state index contributed by atoms with van der Waals surface area (Å²) < 4.78 is 0.899. The van der Waals surface area contributed by atoms with Crippen molar-refractivity contribution in [3.05, 3.63) is 44.6 Å². The third-order valence-electron chi connectivity index (χ3n) is 2.74. The zero-order valence-electron chi connectivity index (χ0n) is 10.1. The van der Waals surface area contributed by atoms with Crippen molar-refractivity contribution in [2.45, 2.75) is 6.92 Å². The van der Waals surface area contributed by atoms with E-state index in [1.807, 2.05) is 29.8 Å². The van der Waals surface area contributed by atoms with Crippen LogP contribution in [0, 0.1) is 6.92 Å². The summed E-state index contributed by atoms with van der Waals surface area (Å²) in [5.41, 5.74) is 8.94. The molecule has 0 aliphatic rings. The van der Waals surface area contributed by atoms with Gasteiger partial charge in [0.05, 0.1) is 16.9 Å². The molecule has 2 aromatic rings. The van der Waals surface area contributed by atoms with E-state index in [1.165, 1.54) is 11.3 Å². The molecule has 1 aromatic carbocycles. The summed E-state index contributed by atoms with van der Waals surface area (Å²) in [4.78, 5) is 13.9. The Morgan fingerprint density at radius 3 is 2.67 bits per heavy atom. The molecule has 0 saturated heterocycles. The van der Waals surface area contributed by atoms with Gasteiger partial charge in [0.25, 0.3) is 5.91 Å². The molecule has 3 nitrogen and oxygen atoms in total. The molecule has 0 atom stereocenters. The van der Waals surface area contributed by atoms with E-state index >= 15 is 0 Å². The van der Waals surface area contributed by atoms with Crippen LogP contribution in [0.25, 0.3) is 0 Å². The minimum Gasteiger partial charge on any atom is -0.397 e. The van der Waals surface area contributed by atoms with Crippen molar-refractivity contribution >= 4 is 44.5 Å².